The number of rotatable bonds is 7. The van der Waals surface area contributed by atoms with Gasteiger partial charge in [0.25, 0.3) is 5.56 Å². The first-order chi connectivity index (χ1) is 16.0. The second kappa shape index (κ2) is 10.5. The molecule has 3 aromatic rings. The van der Waals surface area contributed by atoms with Crippen LogP contribution in [0.4, 0.5) is 0 Å². The Morgan fingerprint density at radius 2 is 2.00 bits per heavy atom. The lowest BCUT2D eigenvalue weighted by molar-refractivity contribution is 0.207. The molecule has 1 atom stereocenters. The maximum Gasteiger partial charge on any atom is 0.282 e. The summed E-state index contributed by atoms with van der Waals surface area (Å²) in [5.41, 5.74) is 1.30. The molecule has 174 valence electrons. The van der Waals surface area contributed by atoms with Gasteiger partial charge in [-0.1, -0.05) is 54.2 Å². The molecule has 1 fully saturated rings. The van der Waals surface area contributed by atoms with Gasteiger partial charge in [-0.3, -0.25) is 4.79 Å². The minimum atomic E-state index is -0.149. The van der Waals surface area contributed by atoms with Gasteiger partial charge in [0.1, 0.15) is 5.82 Å². The standard InChI is InChI=1S/C26H30BrN3O3/c1-4-17(2)33-24-19(14-20(27)15-23(24)32-3)16-28-30-25(18-10-6-5-7-11-18)29-22-13-9-8-12-21(22)26(30)31/h8-9,12-18H,4-7,10-11H2,1-3H3/t17-/m0/s1. The summed E-state index contributed by atoms with van der Waals surface area (Å²) in [6.07, 6.45) is 8.10. The number of benzene rings is 2. The van der Waals surface area contributed by atoms with E-state index in [1.54, 1.807) is 19.4 Å². The van der Waals surface area contributed by atoms with Crippen molar-refractivity contribution < 1.29 is 9.47 Å². The molecule has 2 aromatic carbocycles. The Hall–Kier alpha value is -2.67. The predicted molar refractivity (Wildman–Crippen MR) is 136 cm³/mol. The highest BCUT2D eigenvalue weighted by atomic mass is 79.9. The van der Waals surface area contributed by atoms with E-state index in [1.165, 1.54) is 11.1 Å². The molecule has 1 aliphatic rings. The third kappa shape index (κ3) is 5.13. The fourth-order valence-corrected chi connectivity index (χ4v) is 4.70. The largest absolute Gasteiger partial charge is 0.493 e. The summed E-state index contributed by atoms with van der Waals surface area (Å²) < 4.78 is 14.1. The molecule has 33 heavy (non-hydrogen) atoms. The minimum Gasteiger partial charge on any atom is -0.493 e. The van der Waals surface area contributed by atoms with Gasteiger partial charge < -0.3 is 9.47 Å². The van der Waals surface area contributed by atoms with E-state index in [2.05, 4.69) is 28.0 Å². The van der Waals surface area contributed by atoms with Gasteiger partial charge in [0.05, 0.1) is 30.3 Å². The van der Waals surface area contributed by atoms with E-state index in [4.69, 9.17) is 14.5 Å². The minimum absolute atomic E-state index is 0.00934. The van der Waals surface area contributed by atoms with Crippen LogP contribution in [0.1, 0.15) is 69.7 Å². The van der Waals surface area contributed by atoms with Gasteiger partial charge in [0, 0.05) is 16.0 Å². The SMILES string of the molecule is CC[C@H](C)Oc1c(C=Nn2c(C3CCCCC3)nc3ccccc3c2=O)cc(Br)cc1OC. The van der Waals surface area contributed by atoms with Gasteiger partial charge >= 0.3 is 0 Å². The third-order valence-corrected chi connectivity index (χ3v) is 6.68. The lowest BCUT2D eigenvalue weighted by Crippen LogP contribution is -2.25. The van der Waals surface area contributed by atoms with Gasteiger partial charge in [-0.25, -0.2) is 4.98 Å². The van der Waals surface area contributed by atoms with Crippen LogP contribution in [0.2, 0.25) is 0 Å². The number of fused-ring (bicyclic) bond motifs is 1. The van der Waals surface area contributed by atoms with E-state index < -0.39 is 0 Å². The highest BCUT2D eigenvalue weighted by molar-refractivity contribution is 9.10. The Morgan fingerprint density at radius 1 is 1.24 bits per heavy atom. The van der Waals surface area contributed by atoms with E-state index in [0.717, 1.165) is 53.5 Å². The van der Waals surface area contributed by atoms with Crippen LogP contribution < -0.4 is 15.0 Å². The molecule has 0 spiro atoms. The second-order valence-electron chi connectivity index (χ2n) is 8.55. The van der Waals surface area contributed by atoms with Gasteiger partial charge in [-0.15, -0.1) is 0 Å². The maximum atomic E-state index is 13.5. The average molecular weight is 512 g/mol. The number of halogens is 1. The molecule has 0 saturated heterocycles. The molecule has 7 heteroatoms. The van der Waals surface area contributed by atoms with Crippen molar-refractivity contribution in [1.29, 1.82) is 0 Å². The molecular formula is C26H30BrN3O3. The molecule has 1 aromatic heterocycles. The number of ether oxygens (including phenoxy) is 2. The number of hydrogen-bond donors (Lipinski definition) is 0. The molecule has 0 N–H and O–H groups in total. The average Bonchev–Trinajstić information content (AvgIpc) is 2.84. The maximum absolute atomic E-state index is 13.5. The zero-order chi connectivity index (χ0) is 23.4. The molecule has 4 rings (SSSR count). The van der Waals surface area contributed by atoms with E-state index in [-0.39, 0.29) is 17.6 Å². The molecule has 0 radical (unpaired) electrons. The lowest BCUT2D eigenvalue weighted by Gasteiger charge is -2.23. The number of para-hydroxylation sites is 1. The van der Waals surface area contributed by atoms with Crippen LogP contribution in [-0.4, -0.2) is 29.1 Å². The Bertz CT molecular complexity index is 1220. The summed E-state index contributed by atoms with van der Waals surface area (Å²) in [6, 6.07) is 11.3. The summed E-state index contributed by atoms with van der Waals surface area (Å²) in [4.78, 5) is 18.3. The van der Waals surface area contributed by atoms with Crippen LogP contribution >= 0.6 is 15.9 Å². The van der Waals surface area contributed by atoms with Crippen molar-refractivity contribution in [3.05, 3.63) is 62.6 Å². The predicted octanol–water partition coefficient (Wildman–Crippen LogP) is 6.27. The topological polar surface area (TPSA) is 65.7 Å². The molecular weight excluding hydrogens is 482 g/mol. The molecule has 1 aliphatic carbocycles. The summed E-state index contributed by atoms with van der Waals surface area (Å²) in [5.74, 6) is 2.18. The van der Waals surface area contributed by atoms with Crippen LogP contribution in [0.3, 0.4) is 0 Å². The summed E-state index contributed by atoms with van der Waals surface area (Å²) in [7, 11) is 1.62. The van der Waals surface area contributed by atoms with Crippen LogP contribution in [0.5, 0.6) is 11.5 Å². The third-order valence-electron chi connectivity index (χ3n) is 6.22. The molecule has 6 nitrogen and oxygen atoms in total. The summed E-state index contributed by atoms with van der Waals surface area (Å²) in [5, 5.41) is 5.24. The molecule has 1 heterocycles. The van der Waals surface area contributed by atoms with E-state index in [9.17, 15) is 4.79 Å². The van der Waals surface area contributed by atoms with Gasteiger partial charge in [0.15, 0.2) is 11.5 Å². The molecule has 0 aliphatic heterocycles. The molecule has 0 bridgehead atoms. The fourth-order valence-electron chi connectivity index (χ4n) is 4.24. The van der Waals surface area contributed by atoms with Crippen molar-refractivity contribution in [3.8, 4) is 11.5 Å². The first kappa shape index (κ1) is 23.5. The monoisotopic (exact) mass is 511 g/mol. The van der Waals surface area contributed by atoms with Crippen molar-refractivity contribution in [2.24, 2.45) is 5.10 Å². The normalized spacial score (nSPS) is 15.8. The molecule has 1 saturated carbocycles. The van der Waals surface area contributed by atoms with Crippen molar-refractivity contribution in [1.82, 2.24) is 9.66 Å². The smallest absolute Gasteiger partial charge is 0.282 e. The summed E-state index contributed by atoms with van der Waals surface area (Å²) in [6.45, 7) is 4.09. The van der Waals surface area contributed by atoms with Crippen LogP contribution in [-0.2, 0) is 0 Å². The Morgan fingerprint density at radius 3 is 2.73 bits per heavy atom. The van der Waals surface area contributed by atoms with Crippen LogP contribution in [0.15, 0.2) is 50.8 Å². The number of nitrogens with zero attached hydrogens (tertiary/aromatic N) is 3. The van der Waals surface area contributed by atoms with Gasteiger partial charge in [-0.05, 0) is 50.5 Å². The lowest BCUT2D eigenvalue weighted by atomic mass is 9.88. The number of hydrogen-bond acceptors (Lipinski definition) is 5. The zero-order valence-corrected chi connectivity index (χ0v) is 21.0. The van der Waals surface area contributed by atoms with Crippen LogP contribution in [0, 0.1) is 0 Å². The van der Waals surface area contributed by atoms with Crippen LogP contribution in [0.25, 0.3) is 10.9 Å². The van der Waals surface area contributed by atoms with E-state index in [1.807, 2.05) is 37.3 Å². The van der Waals surface area contributed by atoms with E-state index >= 15 is 0 Å². The number of aromatic nitrogens is 2. The Labute approximate surface area is 202 Å². The number of methoxy groups -OCH3 is 1. The highest BCUT2D eigenvalue weighted by Crippen LogP contribution is 2.35. The summed E-state index contributed by atoms with van der Waals surface area (Å²) >= 11 is 3.54. The van der Waals surface area contributed by atoms with Gasteiger partial charge in [0.2, 0.25) is 0 Å². The Balaban J connectivity index is 1.85. The molecule has 0 amide bonds. The quantitative estimate of drug-likeness (QED) is 0.350. The zero-order valence-electron chi connectivity index (χ0n) is 19.4. The van der Waals surface area contributed by atoms with Crippen molar-refractivity contribution >= 4 is 33.0 Å². The fraction of sp³-hybridized carbons (Fsp3) is 0.423. The van der Waals surface area contributed by atoms with Crippen molar-refractivity contribution in [3.63, 3.8) is 0 Å². The highest BCUT2D eigenvalue weighted by Gasteiger charge is 2.22. The van der Waals surface area contributed by atoms with Gasteiger partial charge in [-0.2, -0.15) is 9.78 Å². The Kier molecular flexibility index (Phi) is 7.48. The van der Waals surface area contributed by atoms with Crippen molar-refractivity contribution in [2.45, 2.75) is 64.4 Å². The second-order valence-corrected chi connectivity index (χ2v) is 9.46. The van der Waals surface area contributed by atoms with Crippen molar-refractivity contribution in [2.75, 3.05) is 7.11 Å². The molecule has 0 unspecified atom stereocenters. The van der Waals surface area contributed by atoms with E-state index in [0.29, 0.717) is 16.9 Å². The first-order valence-electron chi connectivity index (χ1n) is 11.6. The first-order valence-corrected chi connectivity index (χ1v) is 12.4.